The molecule has 4 aromatic carbocycles. The Bertz CT molecular complexity index is 1630. The largest absolute Gasteiger partial charge is 0.431 e. The number of aliphatic hydroxyl groups is 1. The first-order valence-corrected chi connectivity index (χ1v) is 15.6. The highest BCUT2D eigenvalue weighted by atomic mass is 32.2. The molecule has 0 saturated carbocycles. The van der Waals surface area contributed by atoms with Crippen molar-refractivity contribution in [2.75, 3.05) is 11.1 Å². The third-order valence-corrected chi connectivity index (χ3v) is 8.58. The molecule has 5 aromatic rings. The van der Waals surface area contributed by atoms with E-state index in [-0.39, 0.29) is 30.6 Å². The van der Waals surface area contributed by atoms with Gasteiger partial charge in [0.25, 0.3) is 5.22 Å². The molecule has 2 heterocycles. The van der Waals surface area contributed by atoms with E-state index >= 15 is 0 Å². The lowest BCUT2D eigenvalue weighted by Gasteiger charge is -2.41. The number of amides is 1. The van der Waals surface area contributed by atoms with Gasteiger partial charge in [-0.05, 0) is 23.3 Å². The number of carbonyl (C=O) groups excluding carboxylic acids is 1. The van der Waals surface area contributed by atoms with Crippen LogP contribution >= 0.6 is 11.8 Å². The molecule has 0 spiro atoms. The number of ether oxygens (including phenoxy) is 2. The minimum atomic E-state index is -0.655. The van der Waals surface area contributed by atoms with Crippen molar-refractivity contribution in [3.05, 3.63) is 126 Å². The molecule has 4 atom stereocenters. The Balaban J connectivity index is 1.29. The zero-order chi connectivity index (χ0) is 30.5. The van der Waals surface area contributed by atoms with E-state index in [9.17, 15) is 9.90 Å². The van der Waals surface area contributed by atoms with Gasteiger partial charge in [-0.25, -0.2) is 4.98 Å². The first-order chi connectivity index (χ1) is 21.5. The Kier molecular flexibility index (Phi) is 9.23. The number of nitrogens with zero attached hydrogens (tertiary/aromatic N) is 1. The van der Waals surface area contributed by atoms with E-state index in [1.807, 2.05) is 109 Å². The normalized spacial score (nSPS) is 19.9. The summed E-state index contributed by atoms with van der Waals surface area (Å²) in [5.74, 6) is 1.16. The highest BCUT2D eigenvalue weighted by Crippen LogP contribution is 2.44. The number of anilines is 1. The standard InChI is InChI=1S/C36H34N2O5S/c1-23-31(22-44-36-38-32(26-10-5-3-6-11-26)34(43-36)27-12-7-4-8-13-27)41-35(29-14-9-15-30(20-29)37-24(2)40)42-33(23)28-18-16-25(21-39)17-19-28/h3-20,23,31,33,35,39H,21-22H2,1-2H3,(H,37,40)/t23-,31+,33+,35+/m1/s1. The second kappa shape index (κ2) is 13.6. The molecular weight excluding hydrogens is 572 g/mol. The van der Waals surface area contributed by atoms with Gasteiger partial charge in [-0.3, -0.25) is 4.79 Å². The van der Waals surface area contributed by atoms with Crippen molar-refractivity contribution in [1.82, 2.24) is 4.98 Å². The molecular formula is C36H34N2O5S. The molecule has 44 heavy (non-hydrogen) atoms. The molecule has 8 heteroatoms. The summed E-state index contributed by atoms with van der Waals surface area (Å²) in [7, 11) is 0. The number of benzene rings is 4. The summed E-state index contributed by atoms with van der Waals surface area (Å²) in [5, 5.41) is 13.0. The first-order valence-electron chi connectivity index (χ1n) is 14.6. The van der Waals surface area contributed by atoms with Gasteiger partial charge in [0.05, 0.1) is 18.8 Å². The number of hydrogen-bond acceptors (Lipinski definition) is 7. The maximum Gasteiger partial charge on any atom is 0.256 e. The number of carbonyl (C=O) groups is 1. The number of hydrogen-bond donors (Lipinski definition) is 2. The number of nitrogens with one attached hydrogen (secondary N) is 1. The Morgan fingerprint density at radius 1 is 0.864 bits per heavy atom. The molecule has 0 radical (unpaired) electrons. The smallest absolute Gasteiger partial charge is 0.256 e. The fourth-order valence-electron chi connectivity index (χ4n) is 5.37. The van der Waals surface area contributed by atoms with Crippen LogP contribution in [-0.2, 0) is 20.9 Å². The highest BCUT2D eigenvalue weighted by molar-refractivity contribution is 7.99. The predicted molar refractivity (Wildman–Crippen MR) is 172 cm³/mol. The summed E-state index contributed by atoms with van der Waals surface area (Å²) in [5.41, 5.74) is 6.09. The van der Waals surface area contributed by atoms with Gasteiger partial charge in [0, 0.05) is 41.0 Å². The van der Waals surface area contributed by atoms with E-state index < -0.39 is 6.29 Å². The van der Waals surface area contributed by atoms with E-state index in [1.54, 1.807) is 0 Å². The average molecular weight is 607 g/mol. The zero-order valence-electron chi connectivity index (χ0n) is 24.6. The predicted octanol–water partition coefficient (Wildman–Crippen LogP) is 8.04. The van der Waals surface area contributed by atoms with Crippen molar-refractivity contribution >= 4 is 23.4 Å². The Morgan fingerprint density at radius 2 is 1.57 bits per heavy atom. The lowest BCUT2D eigenvalue weighted by Crippen LogP contribution is -2.38. The molecule has 1 aliphatic rings. The van der Waals surface area contributed by atoms with Gasteiger partial charge >= 0.3 is 0 Å². The number of aliphatic hydroxyl groups excluding tert-OH is 1. The van der Waals surface area contributed by atoms with E-state index in [4.69, 9.17) is 18.9 Å². The van der Waals surface area contributed by atoms with Crippen LogP contribution in [0.1, 0.15) is 42.9 Å². The molecule has 0 aliphatic carbocycles. The number of rotatable bonds is 9. The van der Waals surface area contributed by atoms with Gasteiger partial charge in [-0.2, -0.15) is 0 Å². The quantitative estimate of drug-likeness (QED) is 0.164. The van der Waals surface area contributed by atoms with Gasteiger partial charge in [-0.15, -0.1) is 0 Å². The molecule has 1 saturated heterocycles. The van der Waals surface area contributed by atoms with Crippen LogP contribution in [0.3, 0.4) is 0 Å². The Hall–Kier alpha value is -4.21. The monoisotopic (exact) mass is 606 g/mol. The van der Waals surface area contributed by atoms with Crippen LogP contribution in [0.25, 0.3) is 22.6 Å². The average Bonchev–Trinajstić information content (AvgIpc) is 3.49. The van der Waals surface area contributed by atoms with Gasteiger partial charge in [0.2, 0.25) is 5.91 Å². The molecule has 2 N–H and O–H groups in total. The van der Waals surface area contributed by atoms with Crippen LogP contribution in [0.15, 0.2) is 119 Å². The van der Waals surface area contributed by atoms with E-state index in [2.05, 4.69) is 12.2 Å². The van der Waals surface area contributed by atoms with Crippen molar-refractivity contribution in [2.24, 2.45) is 5.92 Å². The zero-order valence-corrected chi connectivity index (χ0v) is 25.4. The molecule has 1 aliphatic heterocycles. The summed E-state index contributed by atoms with van der Waals surface area (Å²) < 4.78 is 19.6. The van der Waals surface area contributed by atoms with E-state index in [0.717, 1.165) is 39.3 Å². The van der Waals surface area contributed by atoms with Crippen LogP contribution in [0, 0.1) is 5.92 Å². The van der Waals surface area contributed by atoms with Gasteiger partial charge in [0.1, 0.15) is 5.69 Å². The van der Waals surface area contributed by atoms with Crippen molar-refractivity contribution in [1.29, 1.82) is 0 Å². The van der Waals surface area contributed by atoms with Gasteiger partial charge in [0.15, 0.2) is 12.1 Å². The van der Waals surface area contributed by atoms with Crippen molar-refractivity contribution in [3.63, 3.8) is 0 Å². The van der Waals surface area contributed by atoms with Gasteiger partial charge in [-0.1, -0.05) is 116 Å². The van der Waals surface area contributed by atoms with Crippen LogP contribution in [0.4, 0.5) is 5.69 Å². The Labute approximate surface area is 261 Å². The van der Waals surface area contributed by atoms with Crippen molar-refractivity contribution < 1.29 is 23.8 Å². The number of thioether (sulfide) groups is 1. The number of oxazole rings is 1. The fraction of sp³-hybridized carbons (Fsp3) is 0.222. The molecule has 1 aromatic heterocycles. The molecule has 1 amide bonds. The second-order valence-corrected chi connectivity index (χ2v) is 11.8. The summed E-state index contributed by atoms with van der Waals surface area (Å²) in [6.07, 6.45) is -1.13. The Morgan fingerprint density at radius 3 is 2.25 bits per heavy atom. The molecule has 1 fully saturated rings. The van der Waals surface area contributed by atoms with Gasteiger partial charge < -0.3 is 24.3 Å². The summed E-state index contributed by atoms with van der Waals surface area (Å²) in [6.45, 7) is 3.59. The maximum absolute atomic E-state index is 11.7. The third kappa shape index (κ3) is 6.79. The van der Waals surface area contributed by atoms with E-state index in [1.165, 1.54) is 18.7 Å². The van der Waals surface area contributed by atoms with E-state index in [0.29, 0.717) is 16.7 Å². The summed E-state index contributed by atoms with van der Waals surface area (Å²) in [6, 6.07) is 35.4. The number of aromatic nitrogens is 1. The first kappa shape index (κ1) is 29.8. The second-order valence-electron chi connectivity index (χ2n) is 10.8. The van der Waals surface area contributed by atoms with Crippen LogP contribution in [0.5, 0.6) is 0 Å². The van der Waals surface area contributed by atoms with Crippen molar-refractivity contribution in [2.45, 2.75) is 44.2 Å². The molecule has 0 unspecified atom stereocenters. The molecule has 224 valence electrons. The van der Waals surface area contributed by atoms with Crippen molar-refractivity contribution in [3.8, 4) is 22.6 Å². The maximum atomic E-state index is 11.7. The minimum absolute atomic E-state index is 0.00518. The van der Waals surface area contributed by atoms with Crippen LogP contribution < -0.4 is 5.32 Å². The molecule has 6 rings (SSSR count). The molecule has 7 nitrogen and oxygen atoms in total. The fourth-order valence-corrected chi connectivity index (χ4v) is 6.36. The minimum Gasteiger partial charge on any atom is -0.431 e. The lowest BCUT2D eigenvalue weighted by atomic mass is 9.91. The highest BCUT2D eigenvalue weighted by Gasteiger charge is 2.38. The molecule has 0 bridgehead atoms. The summed E-state index contributed by atoms with van der Waals surface area (Å²) in [4.78, 5) is 16.6. The topological polar surface area (TPSA) is 93.8 Å². The van der Waals surface area contributed by atoms with Crippen LogP contribution in [0.2, 0.25) is 0 Å². The third-order valence-electron chi connectivity index (χ3n) is 7.66. The van der Waals surface area contributed by atoms with Crippen LogP contribution in [-0.4, -0.2) is 27.9 Å². The lowest BCUT2D eigenvalue weighted by molar-refractivity contribution is -0.268. The summed E-state index contributed by atoms with van der Waals surface area (Å²) >= 11 is 1.52. The SMILES string of the molecule is CC(=O)Nc1cccc([C@H]2O[C@@H](CSc3nc(-c4ccccc4)c(-c4ccccc4)o3)[C@@H](C)[C@@H](c3ccc(CO)cc3)O2)c1.